The van der Waals surface area contributed by atoms with Gasteiger partial charge in [0.15, 0.2) is 0 Å². The first-order chi connectivity index (χ1) is 13.7. The number of anilines is 1. The molecule has 0 spiro atoms. The number of methoxy groups -OCH3 is 1. The monoisotopic (exact) mass is 391 g/mol. The third kappa shape index (κ3) is 3.99. The zero-order chi connectivity index (χ0) is 19.3. The van der Waals surface area contributed by atoms with Crippen LogP contribution in [0.5, 0.6) is 5.75 Å². The van der Waals surface area contributed by atoms with E-state index >= 15 is 0 Å². The number of hydrogen-bond acceptors (Lipinski definition) is 4. The summed E-state index contributed by atoms with van der Waals surface area (Å²) in [4.78, 5) is 12.4. The number of carbonyl (C=O) groups is 1. The maximum atomic E-state index is 12.4. The Morgan fingerprint density at radius 3 is 2.61 bits per heavy atom. The molecule has 0 aliphatic heterocycles. The summed E-state index contributed by atoms with van der Waals surface area (Å²) in [6.07, 6.45) is 0.443. The van der Waals surface area contributed by atoms with E-state index in [0.717, 1.165) is 33.4 Å². The summed E-state index contributed by atoms with van der Waals surface area (Å²) >= 11 is 1.75. The van der Waals surface area contributed by atoms with Crippen molar-refractivity contribution in [3.05, 3.63) is 72.3 Å². The van der Waals surface area contributed by atoms with Crippen LogP contribution >= 0.6 is 11.8 Å². The van der Waals surface area contributed by atoms with Crippen molar-refractivity contribution in [1.29, 1.82) is 0 Å². The van der Waals surface area contributed by atoms with E-state index in [1.807, 2.05) is 54.6 Å². The minimum Gasteiger partial charge on any atom is -0.495 e. The number of carbonyl (C=O) groups excluding carboxylic acids is 1. The Kier molecular flexibility index (Phi) is 5.53. The predicted octanol–water partition coefficient (Wildman–Crippen LogP) is 5.86. The second-order valence-electron chi connectivity index (χ2n) is 6.48. The minimum absolute atomic E-state index is 0.0330. The van der Waals surface area contributed by atoms with Gasteiger partial charge in [0.25, 0.3) is 0 Å². The van der Waals surface area contributed by atoms with Crippen LogP contribution < -0.4 is 10.1 Å². The van der Waals surface area contributed by atoms with Crippen molar-refractivity contribution in [3.8, 4) is 5.75 Å². The predicted molar refractivity (Wildman–Crippen MR) is 116 cm³/mol. The van der Waals surface area contributed by atoms with E-state index < -0.39 is 0 Å². The van der Waals surface area contributed by atoms with Crippen molar-refractivity contribution in [1.82, 2.24) is 0 Å². The molecule has 4 aromatic rings. The van der Waals surface area contributed by atoms with Gasteiger partial charge in [0.1, 0.15) is 16.9 Å². The maximum absolute atomic E-state index is 12.4. The molecule has 0 saturated heterocycles. The minimum atomic E-state index is -0.0330. The molecule has 142 valence electrons. The number of amides is 1. The molecule has 1 N–H and O–H groups in total. The average molecular weight is 391 g/mol. The van der Waals surface area contributed by atoms with Gasteiger partial charge in [0.2, 0.25) is 5.91 Å². The van der Waals surface area contributed by atoms with E-state index in [4.69, 9.17) is 9.15 Å². The van der Waals surface area contributed by atoms with Gasteiger partial charge in [-0.1, -0.05) is 48.5 Å². The lowest BCUT2D eigenvalue weighted by Gasteiger charge is -2.10. The normalized spacial score (nSPS) is 11.0. The molecule has 0 aliphatic rings. The molecule has 0 bridgehead atoms. The van der Waals surface area contributed by atoms with Crippen LogP contribution in [0.4, 0.5) is 5.69 Å². The molecule has 0 fully saturated rings. The highest BCUT2D eigenvalue weighted by molar-refractivity contribution is 7.98. The summed E-state index contributed by atoms with van der Waals surface area (Å²) in [5.41, 5.74) is 3.45. The Bertz CT molecular complexity index is 1100. The zero-order valence-electron chi connectivity index (χ0n) is 15.6. The first kappa shape index (κ1) is 18.4. The van der Waals surface area contributed by atoms with Gasteiger partial charge in [-0.25, -0.2) is 0 Å². The van der Waals surface area contributed by atoms with Crippen molar-refractivity contribution in [2.24, 2.45) is 0 Å². The summed E-state index contributed by atoms with van der Waals surface area (Å²) in [5.74, 6) is 2.26. The molecule has 0 saturated carbocycles. The molecule has 4 rings (SSSR count). The van der Waals surface area contributed by atoms with Crippen molar-refractivity contribution in [2.45, 2.75) is 12.2 Å². The van der Waals surface area contributed by atoms with Crippen molar-refractivity contribution in [3.63, 3.8) is 0 Å². The first-order valence-electron chi connectivity index (χ1n) is 9.15. The Labute approximate surface area is 167 Å². The number of nitrogens with one attached hydrogen (secondary N) is 1. The molecular weight excluding hydrogens is 370 g/mol. The lowest BCUT2D eigenvalue weighted by atomic mass is 10.1. The first-order valence-corrected chi connectivity index (χ1v) is 10.3. The number of ether oxygens (including phenoxy) is 1. The van der Waals surface area contributed by atoms with Gasteiger partial charge in [-0.15, -0.1) is 0 Å². The number of rotatable bonds is 7. The standard InChI is InChI=1S/C23H21NO3S/c1-26-22-13-18-17-9-5-6-10-20(17)27-21(18)14-19(22)24-23(25)11-12-28-15-16-7-3-2-4-8-16/h2-10,13-14H,11-12,15H2,1H3,(H,24,25). The Hall–Kier alpha value is -2.92. The topological polar surface area (TPSA) is 51.5 Å². The average Bonchev–Trinajstić information content (AvgIpc) is 3.08. The second-order valence-corrected chi connectivity index (χ2v) is 7.59. The largest absolute Gasteiger partial charge is 0.495 e. The molecule has 0 atom stereocenters. The van der Waals surface area contributed by atoms with Crippen LogP contribution in [0.25, 0.3) is 21.9 Å². The van der Waals surface area contributed by atoms with E-state index in [1.165, 1.54) is 5.56 Å². The molecule has 0 aliphatic carbocycles. The van der Waals surface area contributed by atoms with Gasteiger partial charge >= 0.3 is 0 Å². The molecule has 5 heteroatoms. The van der Waals surface area contributed by atoms with E-state index in [0.29, 0.717) is 17.9 Å². The molecule has 1 amide bonds. The van der Waals surface area contributed by atoms with Gasteiger partial charge in [0.05, 0.1) is 12.8 Å². The Morgan fingerprint density at radius 1 is 1.00 bits per heavy atom. The van der Waals surface area contributed by atoms with Crippen LogP contribution in [0, 0.1) is 0 Å². The number of furan rings is 1. The molecule has 0 radical (unpaired) electrons. The number of thioether (sulfide) groups is 1. The van der Waals surface area contributed by atoms with E-state index in [9.17, 15) is 4.79 Å². The number of fused-ring (bicyclic) bond motifs is 3. The summed E-state index contributed by atoms with van der Waals surface area (Å²) in [5, 5.41) is 4.97. The molecular formula is C23H21NO3S. The highest BCUT2D eigenvalue weighted by Gasteiger charge is 2.14. The van der Waals surface area contributed by atoms with Crippen molar-refractivity contribution in [2.75, 3.05) is 18.2 Å². The number of benzene rings is 3. The lowest BCUT2D eigenvalue weighted by Crippen LogP contribution is -2.13. The van der Waals surface area contributed by atoms with Crippen LogP contribution in [-0.2, 0) is 10.5 Å². The van der Waals surface area contributed by atoms with Gasteiger partial charge in [-0.2, -0.15) is 11.8 Å². The van der Waals surface area contributed by atoms with Gasteiger partial charge in [-0.3, -0.25) is 4.79 Å². The molecule has 3 aromatic carbocycles. The quantitative estimate of drug-likeness (QED) is 0.401. The van der Waals surface area contributed by atoms with Crippen LogP contribution in [-0.4, -0.2) is 18.8 Å². The second kappa shape index (κ2) is 8.40. The summed E-state index contributed by atoms with van der Waals surface area (Å²) in [7, 11) is 1.61. The third-order valence-electron chi connectivity index (χ3n) is 4.56. The van der Waals surface area contributed by atoms with Crippen LogP contribution in [0.1, 0.15) is 12.0 Å². The third-order valence-corrected chi connectivity index (χ3v) is 5.59. The van der Waals surface area contributed by atoms with Crippen molar-refractivity contribution < 1.29 is 13.9 Å². The van der Waals surface area contributed by atoms with Gasteiger partial charge in [-0.05, 0) is 17.7 Å². The fraction of sp³-hybridized carbons (Fsp3) is 0.174. The van der Waals surface area contributed by atoms with E-state index in [1.54, 1.807) is 18.9 Å². The molecule has 1 aromatic heterocycles. The number of hydrogen-bond donors (Lipinski definition) is 1. The highest BCUT2D eigenvalue weighted by Crippen LogP contribution is 2.36. The molecule has 1 heterocycles. The maximum Gasteiger partial charge on any atom is 0.225 e. The Balaban J connectivity index is 1.43. The van der Waals surface area contributed by atoms with Crippen LogP contribution in [0.15, 0.2) is 71.1 Å². The molecule has 0 unspecified atom stereocenters. The summed E-state index contributed by atoms with van der Waals surface area (Å²) < 4.78 is 11.4. The van der Waals surface area contributed by atoms with Crippen LogP contribution in [0.3, 0.4) is 0 Å². The van der Waals surface area contributed by atoms with Crippen molar-refractivity contribution >= 4 is 45.3 Å². The fourth-order valence-corrected chi connectivity index (χ4v) is 4.06. The molecule has 4 nitrogen and oxygen atoms in total. The highest BCUT2D eigenvalue weighted by atomic mass is 32.2. The zero-order valence-corrected chi connectivity index (χ0v) is 16.4. The lowest BCUT2D eigenvalue weighted by molar-refractivity contribution is -0.115. The van der Waals surface area contributed by atoms with Crippen LogP contribution in [0.2, 0.25) is 0 Å². The fourth-order valence-electron chi connectivity index (χ4n) is 3.16. The number of para-hydroxylation sites is 1. The Morgan fingerprint density at radius 2 is 1.79 bits per heavy atom. The summed E-state index contributed by atoms with van der Waals surface area (Å²) in [6, 6.07) is 21.9. The van der Waals surface area contributed by atoms with Gasteiger partial charge < -0.3 is 14.5 Å². The smallest absolute Gasteiger partial charge is 0.225 e. The summed E-state index contributed by atoms with van der Waals surface area (Å²) in [6.45, 7) is 0. The van der Waals surface area contributed by atoms with Gasteiger partial charge in [0, 0.05) is 34.8 Å². The molecule has 28 heavy (non-hydrogen) atoms. The van der Waals surface area contributed by atoms with E-state index in [-0.39, 0.29) is 5.91 Å². The SMILES string of the molecule is COc1cc2c(cc1NC(=O)CCSCc1ccccc1)oc1ccccc12. The van der Waals surface area contributed by atoms with E-state index in [2.05, 4.69) is 17.4 Å².